The maximum absolute atomic E-state index is 13.5. The number of hydrogen-bond acceptors (Lipinski definition) is 5. The lowest BCUT2D eigenvalue weighted by Gasteiger charge is -2.30. The van der Waals surface area contributed by atoms with Crippen LogP contribution >= 0.6 is 11.3 Å². The number of fused-ring (bicyclic) bond motifs is 8. The molecule has 6 rings (SSSR count). The number of quaternary nitrogens is 1. The van der Waals surface area contributed by atoms with Crippen molar-refractivity contribution in [3.8, 4) is 0 Å². The molecule has 1 aromatic heterocycles. The minimum absolute atomic E-state index is 0.0113. The molecule has 0 spiro atoms. The van der Waals surface area contributed by atoms with Crippen molar-refractivity contribution in [3.63, 3.8) is 0 Å². The first kappa shape index (κ1) is 15.9. The highest BCUT2D eigenvalue weighted by atomic mass is 32.1. The Morgan fingerprint density at radius 3 is 2.93 bits per heavy atom. The summed E-state index contributed by atoms with van der Waals surface area (Å²) in [5.41, 5.74) is 2.27. The number of rotatable bonds is 2. The molecule has 1 aromatic carbocycles. The minimum Gasteiger partial charge on any atom is -0.343 e. The second-order valence-corrected chi connectivity index (χ2v) is 8.55. The van der Waals surface area contributed by atoms with Gasteiger partial charge in [0.1, 0.15) is 6.04 Å². The predicted molar refractivity (Wildman–Crippen MR) is 98.2 cm³/mol. The van der Waals surface area contributed by atoms with Gasteiger partial charge in [-0.1, -0.05) is 30.3 Å². The van der Waals surface area contributed by atoms with Crippen LogP contribution in [0.15, 0.2) is 48.0 Å². The number of thiophene rings is 1. The van der Waals surface area contributed by atoms with E-state index in [-0.39, 0.29) is 41.6 Å². The zero-order valence-corrected chi connectivity index (χ0v) is 15.2. The smallest absolute Gasteiger partial charge is 0.230 e. The van der Waals surface area contributed by atoms with Crippen molar-refractivity contribution < 1.29 is 24.0 Å². The van der Waals surface area contributed by atoms with Crippen LogP contribution in [0.1, 0.15) is 26.8 Å². The highest BCUT2D eigenvalue weighted by Gasteiger charge is 2.67. The highest BCUT2D eigenvalue weighted by molar-refractivity contribution is 7.12. The lowest BCUT2D eigenvalue weighted by atomic mass is 9.76. The minimum atomic E-state index is -0.772. The molecule has 0 radical (unpaired) electrons. The maximum atomic E-state index is 13.5. The second-order valence-electron chi connectivity index (χ2n) is 7.60. The molecule has 5 nitrogen and oxygen atoms in total. The third-order valence-corrected chi connectivity index (χ3v) is 7.29. The number of carbonyl (C=O) groups excluding carboxylic acids is 2. The zero-order valence-electron chi connectivity index (χ0n) is 14.4. The van der Waals surface area contributed by atoms with Crippen LogP contribution < -0.4 is 4.90 Å². The van der Waals surface area contributed by atoms with Gasteiger partial charge in [-0.2, -0.15) is 0 Å². The normalized spacial score (nSPS) is 38.4. The first-order valence-corrected chi connectivity index (χ1v) is 10.1. The molecule has 4 aliphatic rings. The van der Waals surface area contributed by atoms with Crippen molar-refractivity contribution in [2.75, 3.05) is 6.61 Å². The molecular formula is C21H18NO4S+. The van der Waals surface area contributed by atoms with Crippen LogP contribution in [-0.4, -0.2) is 36.6 Å². The number of ketones is 2. The second kappa shape index (κ2) is 5.69. The van der Waals surface area contributed by atoms with Crippen molar-refractivity contribution in [2.24, 2.45) is 11.8 Å². The van der Waals surface area contributed by atoms with Crippen molar-refractivity contribution in [2.45, 2.75) is 24.5 Å². The van der Waals surface area contributed by atoms with E-state index < -0.39 is 6.29 Å². The van der Waals surface area contributed by atoms with E-state index in [0.29, 0.717) is 6.61 Å². The Hall–Kier alpha value is -2.12. The van der Waals surface area contributed by atoms with Crippen LogP contribution in [0.3, 0.4) is 0 Å². The molecule has 136 valence electrons. The number of benzene rings is 1. The third-order valence-electron chi connectivity index (χ3n) is 6.41. The van der Waals surface area contributed by atoms with Gasteiger partial charge < -0.3 is 9.47 Å². The van der Waals surface area contributed by atoms with Crippen molar-refractivity contribution in [1.29, 1.82) is 0 Å². The lowest BCUT2D eigenvalue weighted by molar-refractivity contribution is -0.884. The molecule has 1 N–H and O–H groups in total. The van der Waals surface area contributed by atoms with E-state index in [9.17, 15) is 9.59 Å². The van der Waals surface area contributed by atoms with Gasteiger partial charge in [-0.3, -0.25) is 14.5 Å². The average molecular weight is 380 g/mol. The van der Waals surface area contributed by atoms with E-state index in [1.807, 2.05) is 29.6 Å². The van der Waals surface area contributed by atoms with Gasteiger partial charge in [0.25, 0.3) is 0 Å². The van der Waals surface area contributed by atoms with Crippen molar-refractivity contribution in [1.82, 2.24) is 0 Å². The predicted octanol–water partition coefficient (Wildman–Crippen LogP) is 1.48. The molecule has 4 aliphatic heterocycles. The van der Waals surface area contributed by atoms with E-state index in [0.717, 1.165) is 20.9 Å². The summed E-state index contributed by atoms with van der Waals surface area (Å²) >= 11 is 1.46. The lowest BCUT2D eigenvalue weighted by Crippen LogP contribution is -3.11. The van der Waals surface area contributed by atoms with Crippen LogP contribution in [0, 0.1) is 11.8 Å². The molecule has 7 atom stereocenters. The van der Waals surface area contributed by atoms with E-state index in [2.05, 4.69) is 24.4 Å². The molecular weight excluding hydrogens is 362 g/mol. The maximum Gasteiger partial charge on any atom is 0.230 e. The topological polar surface area (TPSA) is 57.0 Å². The molecule has 3 fully saturated rings. The van der Waals surface area contributed by atoms with Gasteiger partial charge in [-0.05, 0) is 23.1 Å². The molecule has 0 saturated carbocycles. The van der Waals surface area contributed by atoms with Crippen molar-refractivity contribution in [3.05, 3.63) is 64.0 Å². The quantitative estimate of drug-likeness (QED) is 0.802. The van der Waals surface area contributed by atoms with Gasteiger partial charge in [-0.25, -0.2) is 0 Å². The summed E-state index contributed by atoms with van der Waals surface area (Å²) in [5.74, 6) is -0.334. The number of ether oxygens (including phenoxy) is 2. The van der Waals surface area contributed by atoms with Crippen LogP contribution in [0.4, 0.5) is 0 Å². The fourth-order valence-corrected chi connectivity index (χ4v) is 6.09. The van der Waals surface area contributed by atoms with Gasteiger partial charge in [-0.15, -0.1) is 11.3 Å². The number of carbonyl (C=O) groups is 2. The van der Waals surface area contributed by atoms with E-state index in [4.69, 9.17) is 9.47 Å². The molecule has 1 unspecified atom stereocenters. The number of Topliss-reactive ketones (excluding diaryl/α,β-unsaturated/α-hetero) is 2. The fourth-order valence-electron chi connectivity index (χ4n) is 5.39. The van der Waals surface area contributed by atoms with E-state index in [1.165, 1.54) is 11.3 Å². The molecule has 5 heterocycles. The monoisotopic (exact) mass is 380 g/mol. The van der Waals surface area contributed by atoms with Gasteiger partial charge in [0.05, 0.1) is 35.6 Å². The number of nitrogens with one attached hydrogen (secondary N) is 1. The summed E-state index contributed by atoms with van der Waals surface area (Å²) in [6.07, 6.45) is 3.17. The SMILES string of the molecule is O=C1[C@@H]2OC[C@@H](O2)[C@@H]2[C@H]1[C@@H]1c3ccccc3C=C[NH+]1[C@@H]2C(=O)c1cccs1. The largest absolute Gasteiger partial charge is 0.343 e. The standard InChI is InChI=1S/C21H17NO4S/c23-19(14-6-3-9-27-14)18-15-13-10-25-21(26-13)20(24)16(15)17-12-5-2-1-4-11(12)7-8-22(17)18/h1-9,13,15-18,21H,10H2/p+1/t13-,15-,16+,17+,18+,21-/m1/s1. The zero-order chi connectivity index (χ0) is 18.1. The Balaban J connectivity index is 1.53. The first-order valence-electron chi connectivity index (χ1n) is 9.26. The Bertz CT molecular complexity index is 968. The van der Waals surface area contributed by atoms with Crippen LogP contribution in [0.2, 0.25) is 0 Å². The van der Waals surface area contributed by atoms with Crippen LogP contribution in [0.5, 0.6) is 0 Å². The Kier molecular flexibility index (Phi) is 3.35. The fraction of sp³-hybridized carbons (Fsp3) is 0.333. The highest BCUT2D eigenvalue weighted by Crippen LogP contribution is 2.46. The van der Waals surface area contributed by atoms with Gasteiger partial charge in [0.15, 0.2) is 11.8 Å². The molecule has 2 aromatic rings. The molecule has 6 heteroatoms. The van der Waals surface area contributed by atoms with Crippen molar-refractivity contribution >= 4 is 29.0 Å². The average Bonchev–Trinajstić information content (AvgIpc) is 3.43. The van der Waals surface area contributed by atoms with Crippen LogP contribution in [0.25, 0.3) is 6.08 Å². The van der Waals surface area contributed by atoms with Gasteiger partial charge in [0.2, 0.25) is 12.1 Å². The first-order chi connectivity index (χ1) is 13.2. The Morgan fingerprint density at radius 1 is 1.19 bits per heavy atom. The van der Waals surface area contributed by atoms with Crippen LogP contribution in [-0.2, 0) is 14.3 Å². The summed E-state index contributed by atoms with van der Waals surface area (Å²) in [4.78, 5) is 28.5. The molecule has 0 amide bonds. The molecule has 2 bridgehead atoms. The summed E-state index contributed by atoms with van der Waals surface area (Å²) in [7, 11) is 0. The van der Waals surface area contributed by atoms with E-state index >= 15 is 0 Å². The van der Waals surface area contributed by atoms with Gasteiger partial charge in [0, 0.05) is 5.56 Å². The molecule has 0 aliphatic carbocycles. The Morgan fingerprint density at radius 2 is 2.07 bits per heavy atom. The van der Waals surface area contributed by atoms with E-state index in [1.54, 1.807) is 0 Å². The Labute approximate surface area is 160 Å². The molecule has 3 saturated heterocycles. The molecule has 27 heavy (non-hydrogen) atoms. The summed E-state index contributed by atoms with van der Waals surface area (Å²) in [6, 6.07) is 11.5. The summed E-state index contributed by atoms with van der Waals surface area (Å²) < 4.78 is 11.5. The summed E-state index contributed by atoms with van der Waals surface area (Å²) in [5, 5.41) is 1.92. The number of hydrogen-bond donors (Lipinski definition) is 1. The third kappa shape index (κ3) is 2.09. The van der Waals surface area contributed by atoms with Gasteiger partial charge >= 0.3 is 0 Å². The summed E-state index contributed by atoms with van der Waals surface area (Å²) in [6.45, 7) is 0.386.